The number of ether oxygens (including phenoxy) is 11. The van der Waals surface area contributed by atoms with Gasteiger partial charge in [-0.15, -0.1) is 0 Å². The van der Waals surface area contributed by atoms with Gasteiger partial charge in [0.05, 0.1) is 33.0 Å². The summed E-state index contributed by atoms with van der Waals surface area (Å²) >= 11 is 0. The minimum atomic E-state index is -2.16. The largest absolute Gasteiger partial charge is 0.455 e. The fraction of sp³-hybridized carbons (Fsp3) is 0.968. The zero-order valence-electron chi connectivity index (χ0n) is 52.8. The minimum absolute atomic E-state index is 0.0445. The van der Waals surface area contributed by atoms with Gasteiger partial charge in [-0.1, -0.05) is 168 Å². The van der Waals surface area contributed by atoms with Crippen LogP contribution in [0.5, 0.6) is 0 Å². The van der Waals surface area contributed by atoms with Crippen molar-refractivity contribution in [1.29, 1.82) is 0 Å². The lowest BCUT2D eigenvalue weighted by molar-refractivity contribution is -0.393. The summed E-state index contributed by atoms with van der Waals surface area (Å²) in [6.07, 6.45) is -18.5. The van der Waals surface area contributed by atoms with Crippen LogP contribution in [0.15, 0.2) is 0 Å². The van der Waals surface area contributed by atoms with Crippen LogP contribution in [0.4, 0.5) is 0 Å². The molecule has 28 heteroatoms. The van der Waals surface area contributed by atoms with Crippen LogP contribution in [0.1, 0.15) is 194 Å². The highest BCUT2D eigenvalue weighted by atomic mass is 16.8. The molecule has 25 atom stereocenters. The molecule has 5 fully saturated rings. The molecule has 0 amide bonds. The van der Waals surface area contributed by atoms with Crippen molar-refractivity contribution in [3.05, 3.63) is 0 Å². The third-order valence-corrected chi connectivity index (χ3v) is 17.8. The predicted octanol–water partition coefficient (Wildman–Crippen LogP) is 0.140. The molecule has 0 aromatic heterocycles. The van der Waals surface area contributed by atoms with Crippen LogP contribution < -0.4 is 0 Å². The highest BCUT2D eigenvalue weighted by Crippen LogP contribution is 2.37. The Morgan fingerprint density at radius 2 is 0.533 bits per heavy atom. The fourth-order valence-electron chi connectivity index (χ4n) is 12.3. The van der Waals surface area contributed by atoms with Gasteiger partial charge in [-0.3, -0.25) is 9.59 Å². The number of aliphatic hydroxyl groups excluding tert-OH is 15. The average molecular weight is 1310 g/mol. The molecule has 90 heavy (non-hydrogen) atoms. The van der Waals surface area contributed by atoms with Crippen molar-refractivity contribution in [2.24, 2.45) is 0 Å². The molecule has 0 aromatic rings. The number of aliphatic hydroxyl groups is 15. The van der Waals surface area contributed by atoms with E-state index in [1.807, 2.05) is 0 Å². The van der Waals surface area contributed by atoms with E-state index in [4.69, 9.17) is 52.1 Å². The van der Waals surface area contributed by atoms with E-state index < -0.39 is 199 Å². The molecule has 5 aliphatic rings. The normalized spacial score (nSPS) is 37.5. The Balaban J connectivity index is 1.21. The van der Waals surface area contributed by atoms with Gasteiger partial charge in [-0.2, -0.15) is 0 Å². The number of carbonyl (C=O) groups is 2. The molecule has 0 aromatic carbocycles. The van der Waals surface area contributed by atoms with Crippen LogP contribution in [-0.4, -0.2) is 275 Å². The third kappa shape index (κ3) is 23.7. The number of unbranched alkanes of at least 4 members (excludes halogenated alkanes) is 24. The molecule has 5 saturated heterocycles. The van der Waals surface area contributed by atoms with Crippen LogP contribution in [-0.2, 0) is 61.7 Å². The predicted molar refractivity (Wildman–Crippen MR) is 315 cm³/mol. The van der Waals surface area contributed by atoms with Crippen molar-refractivity contribution in [3.8, 4) is 0 Å². The van der Waals surface area contributed by atoms with Gasteiger partial charge >= 0.3 is 11.9 Å². The Hall–Kier alpha value is -2.02. The maximum atomic E-state index is 13.7. The number of hydrogen-bond donors (Lipinski definition) is 15. The lowest BCUT2D eigenvalue weighted by Crippen LogP contribution is -2.68. The van der Waals surface area contributed by atoms with E-state index in [1.54, 1.807) is 0 Å². The standard InChI is InChI=1S/C62H112O28/c1-3-5-7-9-11-13-15-17-19-21-23-25-27-29-41(68)85-56-43(70)36(31-63)81-62(57(56)86-42(69)30-28-26-24-22-20-18-16-14-12-10-8-6-4-2)90-55-40(35-67)84-61(51(78)47(55)74)89-54-39(34-66)83-60(50(77)46(54)73)88-53-38(33-65)82-59(49(76)45(53)72)87-52-37(32-64)80-58(79)48(75)44(52)71/h36-40,43-67,70-79H,3-35H2,1-2H3/t36-,37-,38-,39-,40-,43-,44-,45-,46-,47-,48-,49-,50-,51-,52-,53-,54-,55-,56+,57-,58+,59-,60-,61-,62-/m1/s1. The molecule has 0 aliphatic carbocycles. The maximum Gasteiger partial charge on any atom is 0.306 e. The van der Waals surface area contributed by atoms with Crippen molar-refractivity contribution in [2.75, 3.05) is 33.0 Å². The molecule has 5 aliphatic heterocycles. The zero-order chi connectivity index (χ0) is 65.7. The van der Waals surface area contributed by atoms with Crippen LogP contribution in [0.3, 0.4) is 0 Å². The lowest BCUT2D eigenvalue weighted by atomic mass is 9.95. The lowest BCUT2D eigenvalue weighted by Gasteiger charge is -2.49. The molecule has 0 unspecified atom stereocenters. The van der Waals surface area contributed by atoms with Crippen molar-refractivity contribution in [1.82, 2.24) is 0 Å². The number of hydrogen-bond acceptors (Lipinski definition) is 28. The first-order valence-corrected chi connectivity index (χ1v) is 33.5. The average Bonchev–Trinajstić information content (AvgIpc) is 1.23. The van der Waals surface area contributed by atoms with Gasteiger partial charge < -0.3 is 129 Å². The second kappa shape index (κ2) is 42.5. The third-order valence-electron chi connectivity index (χ3n) is 17.8. The van der Waals surface area contributed by atoms with Crippen molar-refractivity contribution in [2.45, 2.75) is 347 Å². The van der Waals surface area contributed by atoms with Crippen LogP contribution >= 0.6 is 0 Å². The highest BCUT2D eigenvalue weighted by Gasteiger charge is 2.57. The van der Waals surface area contributed by atoms with Crippen molar-refractivity contribution >= 4 is 11.9 Å². The minimum Gasteiger partial charge on any atom is -0.455 e. The summed E-state index contributed by atoms with van der Waals surface area (Å²) in [6, 6.07) is 0. The molecule has 5 rings (SSSR count). The summed E-state index contributed by atoms with van der Waals surface area (Å²) in [5.74, 6) is -1.49. The molecule has 0 radical (unpaired) electrons. The molecule has 528 valence electrons. The fourth-order valence-corrected chi connectivity index (χ4v) is 12.3. The summed E-state index contributed by atoms with van der Waals surface area (Å²) in [6.45, 7) is -0.230. The Kier molecular flexibility index (Phi) is 37.2. The molecule has 28 nitrogen and oxygen atoms in total. The van der Waals surface area contributed by atoms with Gasteiger partial charge in [0, 0.05) is 12.8 Å². The van der Waals surface area contributed by atoms with Gasteiger partial charge in [0.2, 0.25) is 0 Å². The Morgan fingerprint density at radius 1 is 0.278 bits per heavy atom. The van der Waals surface area contributed by atoms with Crippen LogP contribution in [0, 0.1) is 0 Å². The summed E-state index contributed by atoms with van der Waals surface area (Å²) in [5, 5.41) is 162. The number of carbonyl (C=O) groups excluding carboxylic acids is 2. The molecular formula is C62H112O28. The summed E-state index contributed by atoms with van der Waals surface area (Å²) in [4.78, 5) is 27.2. The SMILES string of the molecule is CCCCCCCCCCCCCCCC(=O)O[C@H]1[C@@H](O[C@H]2[C@H](O)[C@@H](O)[C@@H](O[C@H]3[C@H](O)[C@@H](O)[C@@H](O[C@H]4[C@H](O)[C@@H](O)[C@@H](O[C@H]5[C@H](O)[C@@H](O)[C@@H](O)O[C@@H]5CO)O[C@@H]4CO)O[C@@H]3CO)O[C@@H]2CO)O[C@H](CO)[C@@H](O)[C@@H]1OC(=O)CCCCCCCCCCCCCCC. The van der Waals surface area contributed by atoms with E-state index in [-0.39, 0.29) is 12.8 Å². The first kappa shape index (κ1) is 78.7. The monoisotopic (exact) mass is 1300 g/mol. The van der Waals surface area contributed by atoms with Gasteiger partial charge in [0.25, 0.3) is 0 Å². The van der Waals surface area contributed by atoms with Gasteiger partial charge in [-0.05, 0) is 12.8 Å². The molecule has 5 heterocycles. The van der Waals surface area contributed by atoms with Crippen LogP contribution in [0.25, 0.3) is 0 Å². The van der Waals surface area contributed by atoms with E-state index in [0.29, 0.717) is 12.8 Å². The number of esters is 2. The Labute approximate surface area is 528 Å². The van der Waals surface area contributed by atoms with Crippen molar-refractivity contribution < 1.29 is 138 Å². The van der Waals surface area contributed by atoms with E-state index in [1.165, 1.54) is 89.9 Å². The second-order valence-electron chi connectivity index (χ2n) is 24.9. The Bertz CT molecular complexity index is 1910. The Morgan fingerprint density at radius 3 is 0.844 bits per heavy atom. The van der Waals surface area contributed by atoms with Gasteiger partial charge in [0.1, 0.15) is 110 Å². The molecule has 0 saturated carbocycles. The summed E-state index contributed by atoms with van der Waals surface area (Å²) < 4.78 is 63.3. The molecule has 15 N–H and O–H groups in total. The molecular weight excluding hydrogens is 1190 g/mol. The maximum absolute atomic E-state index is 13.7. The van der Waals surface area contributed by atoms with Crippen molar-refractivity contribution in [3.63, 3.8) is 0 Å². The summed E-state index contributed by atoms with van der Waals surface area (Å²) in [7, 11) is 0. The van der Waals surface area contributed by atoms with E-state index in [2.05, 4.69) is 13.8 Å². The molecule has 0 spiro atoms. The summed E-state index contributed by atoms with van der Waals surface area (Å²) in [5.41, 5.74) is 0. The van der Waals surface area contributed by atoms with E-state index in [9.17, 15) is 86.2 Å². The van der Waals surface area contributed by atoms with E-state index >= 15 is 0 Å². The first-order chi connectivity index (χ1) is 43.4. The first-order valence-electron chi connectivity index (χ1n) is 33.5. The number of rotatable bonds is 43. The zero-order valence-corrected chi connectivity index (χ0v) is 52.8. The second-order valence-corrected chi connectivity index (χ2v) is 24.9. The topological polar surface area (TPSA) is 439 Å². The van der Waals surface area contributed by atoms with Gasteiger partial charge in [-0.25, -0.2) is 0 Å². The van der Waals surface area contributed by atoms with E-state index in [0.717, 1.165) is 64.2 Å². The van der Waals surface area contributed by atoms with Crippen LogP contribution in [0.2, 0.25) is 0 Å². The molecule has 0 bridgehead atoms. The quantitative estimate of drug-likeness (QED) is 0.0285. The van der Waals surface area contributed by atoms with Gasteiger partial charge in [0.15, 0.2) is 43.7 Å². The smallest absolute Gasteiger partial charge is 0.306 e. The highest BCUT2D eigenvalue weighted by molar-refractivity contribution is 5.70.